The van der Waals surface area contributed by atoms with Crippen LogP contribution in [0.4, 0.5) is 0 Å². The van der Waals surface area contributed by atoms with Crippen molar-refractivity contribution in [2.75, 3.05) is 13.1 Å². The van der Waals surface area contributed by atoms with Gasteiger partial charge in [-0.15, -0.1) is 0 Å². The number of aromatic nitrogens is 1. The van der Waals surface area contributed by atoms with E-state index in [9.17, 15) is 9.90 Å². The first kappa shape index (κ1) is 16.0. The van der Waals surface area contributed by atoms with Gasteiger partial charge in [-0.2, -0.15) is 0 Å². The van der Waals surface area contributed by atoms with Crippen LogP contribution in [0.25, 0.3) is 11.3 Å². The van der Waals surface area contributed by atoms with Crippen molar-refractivity contribution in [3.05, 3.63) is 41.4 Å². The topological polar surface area (TPSA) is 66.6 Å². The van der Waals surface area contributed by atoms with E-state index in [-0.39, 0.29) is 23.6 Å². The summed E-state index contributed by atoms with van der Waals surface area (Å²) in [5.41, 5.74) is 0.947. The summed E-state index contributed by atoms with van der Waals surface area (Å²) in [5.74, 6) is 0.496. The predicted octanol–water partition coefficient (Wildman–Crippen LogP) is 3.23. The lowest BCUT2D eigenvalue weighted by atomic mass is 9.92. The minimum absolute atomic E-state index is 0.155. The lowest BCUT2D eigenvalue weighted by molar-refractivity contribution is 0.0518. The number of hydrogen-bond donors (Lipinski definition) is 1. The Morgan fingerprint density at radius 1 is 1.39 bits per heavy atom. The normalized spacial score (nSPS) is 17.3. The molecule has 3 rings (SSSR count). The fourth-order valence-electron chi connectivity index (χ4n) is 2.97. The maximum Gasteiger partial charge on any atom is 0.276 e. The van der Waals surface area contributed by atoms with Gasteiger partial charge >= 0.3 is 0 Å². The van der Waals surface area contributed by atoms with Crippen molar-refractivity contribution in [1.29, 1.82) is 0 Å². The molecule has 1 unspecified atom stereocenters. The van der Waals surface area contributed by atoms with Crippen LogP contribution in [0.2, 0.25) is 5.02 Å². The van der Waals surface area contributed by atoms with Gasteiger partial charge in [-0.1, -0.05) is 23.7 Å². The SMILES string of the molecule is CC(O)C1CCN(C(=O)c2ncoc2-c2ccccc2Cl)CC1. The van der Waals surface area contributed by atoms with Gasteiger partial charge in [0.1, 0.15) is 0 Å². The first-order valence-electron chi connectivity index (χ1n) is 7.73. The number of piperidine rings is 1. The molecule has 1 amide bonds. The molecule has 6 heteroatoms. The van der Waals surface area contributed by atoms with Crippen LogP contribution in [-0.2, 0) is 0 Å². The number of amides is 1. The fraction of sp³-hybridized carbons (Fsp3) is 0.412. The van der Waals surface area contributed by atoms with Crippen LogP contribution in [-0.4, -0.2) is 40.1 Å². The number of halogens is 1. The smallest absolute Gasteiger partial charge is 0.276 e. The van der Waals surface area contributed by atoms with Gasteiger partial charge in [-0.25, -0.2) is 4.98 Å². The van der Waals surface area contributed by atoms with Crippen molar-refractivity contribution in [2.45, 2.75) is 25.9 Å². The van der Waals surface area contributed by atoms with Crippen LogP contribution < -0.4 is 0 Å². The van der Waals surface area contributed by atoms with E-state index in [4.69, 9.17) is 16.0 Å². The number of oxazole rings is 1. The summed E-state index contributed by atoms with van der Waals surface area (Å²) in [6.45, 7) is 3.03. The van der Waals surface area contributed by atoms with Crippen LogP contribution >= 0.6 is 11.6 Å². The molecule has 0 saturated carbocycles. The summed E-state index contributed by atoms with van der Waals surface area (Å²) in [6, 6.07) is 7.22. The maximum atomic E-state index is 12.7. The van der Waals surface area contributed by atoms with Gasteiger partial charge < -0.3 is 14.4 Å². The molecule has 5 nitrogen and oxygen atoms in total. The Bertz CT molecular complexity index is 691. The number of carbonyl (C=O) groups is 1. The zero-order chi connectivity index (χ0) is 16.4. The Morgan fingerprint density at radius 3 is 2.74 bits per heavy atom. The molecule has 1 atom stereocenters. The van der Waals surface area contributed by atoms with E-state index in [0.29, 0.717) is 29.4 Å². The van der Waals surface area contributed by atoms with Crippen molar-refractivity contribution < 1.29 is 14.3 Å². The molecule has 122 valence electrons. The van der Waals surface area contributed by atoms with Crippen LogP contribution in [0, 0.1) is 5.92 Å². The van der Waals surface area contributed by atoms with Crippen LogP contribution in [0.1, 0.15) is 30.3 Å². The van der Waals surface area contributed by atoms with E-state index in [1.54, 1.807) is 24.0 Å². The zero-order valence-corrected chi connectivity index (χ0v) is 13.7. The number of aliphatic hydroxyl groups excluding tert-OH is 1. The first-order chi connectivity index (χ1) is 11.1. The largest absolute Gasteiger partial charge is 0.443 e. The highest BCUT2D eigenvalue weighted by atomic mass is 35.5. The highest BCUT2D eigenvalue weighted by Crippen LogP contribution is 2.31. The predicted molar refractivity (Wildman–Crippen MR) is 87.3 cm³/mol. The van der Waals surface area contributed by atoms with Crippen LogP contribution in [0.15, 0.2) is 35.1 Å². The second-order valence-electron chi connectivity index (χ2n) is 5.88. The van der Waals surface area contributed by atoms with Crippen molar-refractivity contribution in [2.24, 2.45) is 5.92 Å². The third-order valence-corrected chi connectivity index (χ3v) is 4.73. The molecule has 1 N–H and O–H groups in total. The first-order valence-corrected chi connectivity index (χ1v) is 8.11. The summed E-state index contributed by atoms with van der Waals surface area (Å²) >= 11 is 6.19. The summed E-state index contributed by atoms with van der Waals surface area (Å²) in [6.07, 6.45) is 2.53. The quantitative estimate of drug-likeness (QED) is 0.935. The Balaban J connectivity index is 1.80. The third kappa shape index (κ3) is 3.26. The van der Waals surface area contributed by atoms with Gasteiger partial charge in [0.2, 0.25) is 0 Å². The Labute approximate surface area is 139 Å². The van der Waals surface area contributed by atoms with Gasteiger partial charge in [0.05, 0.1) is 11.1 Å². The number of benzene rings is 1. The van der Waals surface area contributed by atoms with Crippen LogP contribution in [0.3, 0.4) is 0 Å². The van der Waals surface area contributed by atoms with Crippen LogP contribution in [0.5, 0.6) is 0 Å². The molecule has 1 saturated heterocycles. The number of rotatable bonds is 3. The molecule has 0 radical (unpaired) electrons. The summed E-state index contributed by atoms with van der Waals surface area (Å²) in [4.78, 5) is 18.6. The summed E-state index contributed by atoms with van der Waals surface area (Å²) in [5, 5.41) is 10.2. The second-order valence-corrected chi connectivity index (χ2v) is 6.29. The Morgan fingerprint density at radius 2 is 2.09 bits per heavy atom. The fourth-order valence-corrected chi connectivity index (χ4v) is 3.19. The van der Waals surface area contributed by atoms with Crippen molar-refractivity contribution in [3.63, 3.8) is 0 Å². The molecule has 0 bridgehead atoms. The zero-order valence-electron chi connectivity index (χ0n) is 12.9. The third-order valence-electron chi connectivity index (χ3n) is 4.40. The Kier molecular flexibility index (Phi) is 4.68. The number of carbonyl (C=O) groups excluding carboxylic acids is 1. The molecule has 0 aliphatic carbocycles. The highest BCUT2D eigenvalue weighted by Gasteiger charge is 2.29. The van der Waals surface area contributed by atoms with Gasteiger partial charge in [0, 0.05) is 18.7 Å². The van der Waals surface area contributed by atoms with Gasteiger partial charge in [-0.05, 0) is 37.8 Å². The molecule has 23 heavy (non-hydrogen) atoms. The number of aliphatic hydroxyl groups is 1. The molecular weight excluding hydrogens is 316 g/mol. The maximum absolute atomic E-state index is 12.7. The average Bonchev–Trinajstić information content (AvgIpc) is 3.04. The molecule has 2 aromatic rings. The average molecular weight is 335 g/mol. The molecule has 1 aromatic carbocycles. The van der Waals surface area contributed by atoms with E-state index in [0.717, 1.165) is 12.8 Å². The second kappa shape index (κ2) is 6.72. The highest BCUT2D eigenvalue weighted by molar-refractivity contribution is 6.33. The number of hydrogen-bond acceptors (Lipinski definition) is 4. The standard InChI is InChI=1S/C17H19ClN2O3/c1-11(21)12-6-8-20(9-7-12)17(22)15-16(23-10-19-15)13-4-2-3-5-14(13)18/h2-5,10-12,21H,6-9H2,1H3. The molecule has 0 spiro atoms. The summed E-state index contributed by atoms with van der Waals surface area (Å²) < 4.78 is 5.42. The molecular formula is C17H19ClN2O3. The molecule has 2 heterocycles. The molecule has 1 fully saturated rings. The molecule has 1 aliphatic heterocycles. The van der Waals surface area contributed by atoms with Crippen molar-refractivity contribution in [3.8, 4) is 11.3 Å². The Hall–Kier alpha value is -1.85. The van der Waals surface area contributed by atoms with Gasteiger partial charge in [0.25, 0.3) is 5.91 Å². The molecule has 1 aliphatic rings. The van der Waals surface area contributed by atoms with Gasteiger partial charge in [-0.3, -0.25) is 4.79 Å². The lowest BCUT2D eigenvalue weighted by Crippen LogP contribution is -2.41. The lowest BCUT2D eigenvalue weighted by Gasteiger charge is -2.32. The number of likely N-dealkylation sites (tertiary alicyclic amines) is 1. The summed E-state index contributed by atoms with van der Waals surface area (Å²) in [7, 11) is 0. The minimum atomic E-state index is -0.335. The van der Waals surface area contributed by atoms with E-state index in [2.05, 4.69) is 4.98 Å². The minimum Gasteiger partial charge on any atom is -0.443 e. The van der Waals surface area contributed by atoms with Crippen molar-refractivity contribution >= 4 is 17.5 Å². The van der Waals surface area contributed by atoms with Crippen molar-refractivity contribution in [1.82, 2.24) is 9.88 Å². The monoisotopic (exact) mass is 334 g/mol. The van der Waals surface area contributed by atoms with Gasteiger partial charge in [0.15, 0.2) is 17.8 Å². The van der Waals surface area contributed by atoms with E-state index >= 15 is 0 Å². The van der Waals surface area contributed by atoms with E-state index in [1.165, 1.54) is 6.39 Å². The number of nitrogens with zero attached hydrogens (tertiary/aromatic N) is 2. The van der Waals surface area contributed by atoms with E-state index < -0.39 is 0 Å². The molecule has 1 aromatic heterocycles. The van der Waals surface area contributed by atoms with E-state index in [1.807, 2.05) is 12.1 Å².